The largest absolute Gasteiger partial charge is 0.418 e. The molecule has 0 spiro atoms. The van der Waals surface area contributed by atoms with Crippen molar-refractivity contribution >= 4 is 23.2 Å². The van der Waals surface area contributed by atoms with Gasteiger partial charge in [0.2, 0.25) is 5.91 Å². The first-order chi connectivity index (χ1) is 14.7. The van der Waals surface area contributed by atoms with Crippen molar-refractivity contribution < 1.29 is 22.4 Å². The lowest BCUT2D eigenvalue weighted by Crippen LogP contribution is -2.58. The Labute approximate surface area is 182 Å². The fourth-order valence-electron chi connectivity index (χ4n) is 3.67. The maximum atomic E-state index is 15.3. The lowest BCUT2D eigenvalue weighted by molar-refractivity contribution is -0.140. The van der Waals surface area contributed by atoms with Gasteiger partial charge < -0.3 is 5.73 Å². The molecule has 2 N–H and O–H groups in total. The van der Waals surface area contributed by atoms with Gasteiger partial charge in [0.05, 0.1) is 34.0 Å². The van der Waals surface area contributed by atoms with Crippen molar-refractivity contribution in [2.24, 2.45) is 16.1 Å². The van der Waals surface area contributed by atoms with Crippen LogP contribution in [-0.4, -0.2) is 23.8 Å². The molecule has 0 saturated heterocycles. The van der Waals surface area contributed by atoms with Gasteiger partial charge in [-0.3, -0.25) is 9.69 Å². The molecule has 32 heavy (non-hydrogen) atoms. The van der Waals surface area contributed by atoms with Crippen LogP contribution < -0.4 is 10.9 Å². The summed E-state index contributed by atoms with van der Waals surface area (Å²) in [6.45, 7) is 5.00. The van der Waals surface area contributed by atoms with Gasteiger partial charge in [0, 0.05) is 7.05 Å². The van der Waals surface area contributed by atoms with Crippen LogP contribution in [0.1, 0.15) is 37.5 Å². The molecule has 6 nitrogen and oxygen atoms in total. The number of halogens is 4. The Balaban J connectivity index is 2.14. The molecule has 0 fully saturated rings. The van der Waals surface area contributed by atoms with Crippen molar-refractivity contribution in [3.63, 3.8) is 0 Å². The third-order valence-corrected chi connectivity index (χ3v) is 6.02. The smallest absolute Gasteiger partial charge is 0.369 e. The number of alkyl halides is 3. The van der Waals surface area contributed by atoms with Crippen LogP contribution >= 0.6 is 0 Å². The highest BCUT2D eigenvalue weighted by Crippen LogP contribution is 2.48. The number of benzene rings is 2. The first kappa shape index (κ1) is 23.1. The van der Waals surface area contributed by atoms with Crippen molar-refractivity contribution in [1.29, 1.82) is 5.26 Å². The van der Waals surface area contributed by atoms with Crippen molar-refractivity contribution in [1.82, 2.24) is 4.90 Å². The number of rotatable bonds is 3. The van der Waals surface area contributed by atoms with Crippen molar-refractivity contribution in [3.05, 3.63) is 59.2 Å². The lowest BCUT2D eigenvalue weighted by atomic mass is 9.68. The number of anilines is 2. The van der Waals surface area contributed by atoms with Crippen LogP contribution in [0.25, 0.3) is 0 Å². The summed E-state index contributed by atoms with van der Waals surface area (Å²) in [5, 5.41) is 8.81. The number of carbonyl (C=O) groups is 1. The van der Waals surface area contributed by atoms with Gasteiger partial charge in [-0.1, -0.05) is 16.6 Å². The van der Waals surface area contributed by atoms with E-state index in [-0.39, 0.29) is 28.2 Å². The zero-order chi connectivity index (χ0) is 24.1. The zero-order valence-electron chi connectivity index (χ0n) is 17.8. The molecule has 3 rings (SSSR count). The number of nitrogens with two attached hydrogens (primary N) is 1. The van der Waals surface area contributed by atoms with E-state index in [1.807, 2.05) is 0 Å². The van der Waals surface area contributed by atoms with Gasteiger partial charge in [0.1, 0.15) is 5.54 Å². The van der Waals surface area contributed by atoms with Gasteiger partial charge in [-0.05, 0) is 56.7 Å². The minimum Gasteiger partial charge on any atom is -0.369 e. The number of hydrogen-bond donors (Lipinski definition) is 1. The standard InChI is InChI=1S/C22H21F4N5O/c1-20(2)18(32)30(4)19(28)29-21(20,3)14-6-5-7-15(11-14)31(26)17-9-8-13(12-27)10-16(17)22(23,24)25/h5-11H,1-4H3,(H2,28,29)/t21-/m0/s1. The summed E-state index contributed by atoms with van der Waals surface area (Å²) < 4.78 is 55.8. The minimum absolute atomic E-state index is 0.0224. The highest BCUT2D eigenvalue weighted by atomic mass is 19.4. The molecule has 0 aliphatic carbocycles. The molecule has 2 aromatic rings. The van der Waals surface area contributed by atoms with Gasteiger partial charge >= 0.3 is 6.18 Å². The molecule has 1 aliphatic heterocycles. The molecule has 0 saturated carbocycles. The topological polar surface area (TPSA) is 85.7 Å². The highest BCUT2D eigenvalue weighted by molar-refractivity contribution is 6.01. The van der Waals surface area contributed by atoms with Crippen LogP contribution in [-0.2, 0) is 16.5 Å². The zero-order valence-corrected chi connectivity index (χ0v) is 17.8. The van der Waals surface area contributed by atoms with Crippen LogP contribution in [0.3, 0.4) is 0 Å². The summed E-state index contributed by atoms with van der Waals surface area (Å²) in [7, 11) is 1.49. The van der Waals surface area contributed by atoms with E-state index >= 15 is 4.48 Å². The molecular weight excluding hydrogens is 426 g/mol. The Kier molecular flexibility index (Phi) is 5.41. The van der Waals surface area contributed by atoms with E-state index in [4.69, 9.17) is 11.0 Å². The summed E-state index contributed by atoms with van der Waals surface area (Å²) in [6, 6.07) is 9.91. The first-order valence-corrected chi connectivity index (χ1v) is 9.55. The molecule has 1 heterocycles. The number of nitrogens with zero attached hydrogens (tertiary/aromatic N) is 4. The monoisotopic (exact) mass is 447 g/mol. The molecular formula is C22H21F4N5O. The second-order valence-electron chi connectivity index (χ2n) is 8.20. The summed E-state index contributed by atoms with van der Waals surface area (Å²) in [5.74, 6) is -0.327. The molecule has 1 atom stereocenters. The fraction of sp³-hybridized carbons (Fsp3) is 0.318. The molecule has 1 amide bonds. The van der Waals surface area contributed by atoms with E-state index in [1.165, 1.54) is 30.1 Å². The molecule has 168 valence electrons. The Morgan fingerprint density at radius 1 is 1.16 bits per heavy atom. The molecule has 0 unspecified atom stereocenters. The number of guanidine groups is 1. The Hall–Kier alpha value is -3.61. The third kappa shape index (κ3) is 3.53. The van der Waals surface area contributed by atoms with Gasteiger partial charge in [-0.2, -0.15) is 23.6 Å². The van der Waals surface area contributed by atoms with Gasteiger partial charge in [-0.25, -0.2) is 4.99 Å². The highest BCUT2D eigenvalue weighted by Gasteiger charge is 2.52. The molecule has 0 radical (unpaired) electrons. The normalized spacial score (nSPS) is 20.5. The Morgan fingerprint density at radius 2 is 1.81 bits per heavy atom. The second kappa shape index (κ2) is 7.51. The number of amides is 1. The van der Waals surface area contributed by atoms with Crippen molar-refractivity contribution in [2.75, 3.05) is 12.2 Å². The summed E-state index contributed by atoms with van der Waals surface area (Å²) in [5.41, 5.74) is 1.54. The number of carbonyl (C=O) groups excluding carboxylic acids is 1. The maximum Gasteiger partial charge on any atom is 0.418 e. The third-order valence-electron chi connectivity index (χ3n) is 6.02. The van der Waals surface area contributed by atoms with Crippen LogP contribution in [0.4, 0.5) is 29.0 Å². The summed E-state index contributed by atoms with van der Waals surface area (Å²) >= 11 is 0. The van der Waals surface area contributed by atoms with E-state index in [0.717, 1.165) is 12.1 Å². The average Bonchev–Trinajstić information content (AvgIpc) is 2.75. The van der Waals surface area contributed by atoms with Crippen molar-refractivity contribution in [2.45, 2.75) is 32.5 Å². The van der Waals surface area contributed by atoms with E-state index < -0.39 is 28.4 Å². The molecule has 10 heteroatoms. The SMILES string of the molecule is CN1C(=O)C(C)(C)[C@](C)(c2cccc(N(F)c3ccc(C#N)cc3C(F)(F)F)c2)N=C1N. The Morgan fingerprint density at radius 3 is 2.41 bits per heavy atom. The summed E-state index contributed by atoms with van der Waals surface area (Å²) in [6.07, 6.45) is -4.88. The van der Waals surface area contributed by atoms with E-state index in [0.29, 0.717) is 11.6 Å². The number of aliphatic imine (C=N–C) groups is 1. The predicted molar refractivity (Wildman–Crippen MR) is 111 cm³/mol. The fourth-order valence-corrected chi connectivity index (χ4v) is 3.67. The van der Waals surface area contributed by atoms with E-state index in [1.54, 1.807) is 32.9 Å². The number of hydrogen-bond acceptors (Lipinski definition) is 5. The van der Waals surface area contributed by atoms with Crippen LogP contribution in [0.5, 0.6) is 0 Å². The van der Waals surface area contributed by atoms with Crippen molar-refractivity contribution in [3.8, 4) is 6.07 Å². The minimum atomic E-state index is -4.88. The predicted octanol–water partition coefficient (Wildman–Crippen LogP) is 4.63. The molecule has 2 aromatic carbocycles. The first-order valence-electron chi connectivity index (χ1n) is 9.55. The van der Waals surface area contributed by atoms with Gasteiger partial charge in [0.25, 0.3) is 0 Å². The number of nitriles is 1. The average molecular weight is 447 g/mol. The van der Waals surface area contributed by atoms with Crippen LogP contribution in [0.15, 0.2) is 47.5 Å². The van der Waals surface area contributed by atoms with Crippen LogP contribution in [0.2, 0.25) is 0 Å². The lowest BCUT2D eigenvalue weighted by Gasteiger charge is -2.46. The Bertz CT molecular complexity index is 1150. The summed E-state index contributed by atoms with van der Waals surface area (Å²) in [4.78, 5) is 18.5. The quantitative estimate of drug-likeness (QED) is 0.549. The van der Waals surface area contributed by atoms with E-state index in [9.17, 15) is 18.0 Å². The maximum absolute atomic E-state index is 15.3. The van der Waals surface area contributed by atoms with Gasteiger partial charge in [-0.15, -0.1) is 0 Å². The molecule has 0 bridgehead atoms. The van der Waals surface area contributed by atoms with Gasteiger partial charge in [0.15, 0.2) is 5.96 Å². The molecule has 1 aliphatic rings. The van der Waals surface area contributed by atoms with Crippen LogP contribution in [0, 0.1) is 16.7 Å². The molecule has 0 aromatic heterocycles. The second-order valence-corrected chi connectivity index (χ2v) is 8.20. The van der Waals surface area contributed by atoms with E-state index in [2.05, 4.69) is 4.99 Å².